The van der Waals surface area contributed by atoms with Crippen LogP contribution in [0.25, 0.3) is 0 Å². The molecule has 2 saturated carbocycles. The fourth-order valence-corrected chi connectivity index (χ4v) is 7.30. The number of nitrogens with two attached hydrogens (primary N) is 1. The minimum atomic E-state index is -2.76. The van der Waals surface area contributed by atoms with E-state index in [2.05, 4.69) is 11.2 Å². The van der Waals surface area contributed by atoms with Gasteiger partial charge >= 0.3 is 0 Å². The number of nitrogens with one attached hydrogen (secondary N) is 1. The number of fused-ring (bicyclic) bond motifs is 3. The molecule has 2 fully saturated rings. The number of amides is 1. The van der Waals surface area contributed by atoms with E-state index in [1.807, 2.05) is 43.3 Å². The van der Waals surface area contributed by atoms with Gasteiger partial charge in [0.15, 0.2) is 34.7 Å². The maximum Gasteiger partial charge on any atom is 0.235 e. The number of hydrogen-bond acceptors (Lipinski definition) is 10. The van der Waals surface area contributed by atoms with Crippen LogP contribution in [0.3, 0.4) is 0 Å². The minimum Gasteiger partial charge on any atom is -0.507 e. The molecular formula is C33H36N4O7. The summed E-state index contributed by atoms with van der Waals surface area (Å²) >= 11 is 0. The van der Waals surface area contributed by atoms with Crippen LogP contribution < -0.4 is 16.0 Å². The molecular weight excluding hydrogens is 564 g/mol. The fourth-order valence-electron chi connectivity index (χ4n) is 7.30. The fraction of sp³-hybridized carbons (Fsp3) is 0.424. The van der Waals surface area contributed by atoms with E-state index in [4.69, 9.17) is 12.2 Å². The van der Waals surface area contributed by atoms with Crippen LogP contribution in [-0.2, 0) is 38.7 Å². The first-order valence-electron chi connectivity index (χ1n) is 14.4. The average molecular weight is 601 g/mol. The van der Waals surface area contributed by atoms with Gasteiger partial charge in [0.1, 0.15) is 5.75 Å². The van der Waals surface area contributed by atoms with Crippen molar-refractivity contribution in [3.05, 3.63) is 58.1 Å². The highest BCUT2D eigenvalue weighted by Gasteiger charge is 2.69. The zero-order valence-corrected chi connectivity index (χ0v) is 25.1. The summed E-state index contributed by atoms with van der Waals surface area (Å²) in [5.41, 5.74) is 5.98. The van der Waals surface area contributed by atoms with Crippen molar-refractivity contribution in [2.24, 2.45) is 29.4 Å². The number of likely N-dealkylation sites (N-methyl/N-ethyl adjacent to an activating group) is 1. The van der Waals surface area contributed by atoms with Crippen LogP contribution in [0.15, 0.2) is 30.3 Å². The van der Waals surface area contributed by atoms with E-state index < -0.39 is 64.4 Å². The molecule has 0 aromatic heterocycles. The number of terminal acetylenes is 1. The highest BCUT2D eigenvalue weighted by Crippen LogP contribution is 2.52. The van der Waals surface area contributed by atoms with Crippen LogP contribution in [0.1, 0.15) is 39.0 Å². The van der Waals surface area contributed by atoms with Gasteiger partial charge in [0.2, 0.25) is 5.91 Å². The number of phenols is 1. The monoisotopic (exact) mass is 600 g/mol. The number of Topliss-reactive ketones (excluding diaryl/α,β-unsaturated/α-hetero) is 4. The molecule has 3 aliphatic rings. The van der Waals surface area contributed by atoms with Crippen molar-refractivity contribution in [1.29, 1.82) is 0 Å². The van der Waals surface area contributed by atoms with E-state index in [-0.39, 0.29) is 30.7 Å². The Kier molecular flexibility index (Phi) is 7.97. The third-order valence-electron chi connectivity index (χ3n) is 9.36. The molecule has 0 saturated heterocycles. The normalized spacial score (nSPS) is 27.8. The minimum absolute atomic E-state index is 0.000696. The van der Waals surface area contributed by atoms with Crippen molar-refractivity contribution >= 4 is 34.7 Å². The predicted molar refractivity (Wildman–Crippen MR) is 161 cm³/mol. The van der Waals surface area contributed by atoms with Crippen molar-refractivity contribution in [1.82, 2.24) is 10.2 Å². The highest BCUT2D eigenvalue weighted by molar-refractivity contribution is 6.32. The van der Waals surface area contributed by atoms with Crippen LogP contribution in [-0.4, -0.2) is 84.0 Å². The van der Waals surface area contributed by atoms with Crippen LogP contribution in [0.2, 0.25) is 0 Å². The number of ketones is 4. The van der Waals surface area contributed by atoms with Crippen molar-refractivity contribution in [3.8, 4) is 18.1 Å². The Balaban J connectivity index is 1.53. The van der Waals surface area contributed by atoms with Crippen molar-refractivity contribution in [3.63, 3.8) is 0 Å². The molecule has 2 aromatic rings. The van der Waals surface area contributed by atoms with Gasteiger partial charge in [0.25, 0.3) is 0 Å². The van der Waals surface area contributed by atoms with Gasteiger partial charge in [-0.1, -0.05) is 18.1 Å². The van der Waals surface area contributed by atoms with Crippen molar-refractivity contribution in [2.75, 3.05) is 33.1 Å². The van der Waals surface area contributed by atoms with Gasteiger partial charge in [0.05, 0.1) is 17.5 Å². The lowest BCUT2D eigenvalue weighted by Crippen LogP contribution is -2.74. The Morgan fingerprint density at radius 3 is 2.32 bits per heavy atom. The molecule has 5 N–H and O–H groups in total. The Hall–Kier alpha value is -4.37. The van der Waals surface area contributed by atoms with E-state index in [0.717, 1.165) is 11.1 Å². The maximum atomic E-state index is 14.2. The quantitative estimate of drug-likeness (QED) is 0.254. The lowest BCUT2D eigenvalue weighted by Gasteiger charge is -2.52. The van der Waals surface area contributed by atoms with Crippen LogP contribution >= 0.6 is 0 Å². The molecule has 0 spiro atoms. The number of aromatic hydroxyl groups is 1. The number of benzene rings is 2. The summed E-state index contributed by atoms with van der Waals surface area (Å²) in [6, 6.07) is 8.08. The number of carbonyl (C=O) groups is 5. The Labute approximate surface area is 255 Å². The summed E-state index contributed by atoms with van der Waals surface area (Å²) in [6.45, 7) is 0.655. The smallest absolute Gasteiger partial charge is 0.235 e. The number of rotatable bonds is 7. The number of carbonyl (C=O) groups excluding carboxylic acids is 5. The molecule has 0 radical (unpaired) electrons. The maximum absolute atomic E-state index is 14.2. The summed E-state index contributed by atoms with van der Waals surface area (Å²) in [5.74, 6) is -8.07. The first-order chi connectivity index (χ1) is 20.7. The second-order valence-electron chi connectivity index (χ2n) is 12.4. The number of primary amides is 1. The van der Waals surface area contributed by atoms with E-state index >= 15 is 0 Å². The lowest BCUT2D eigenvalue weighted by molar-refractivity contribution is -0.181. The SMILES string of the molecule is C#Cc1ccc(CNCc2cc(N(C)C)c3c(c2O)C(=O)C2C(=O)[C@]4(O)C(=O)C(C(N)=O)C(=O)C(N(C)C)[C@@H]4C[C@@H]2C3)cc1. The van der Waals surface area contributed by atoms with Gasteiger partial charge in [-0.3, -0.25) is 28.9 Å². The largest absolute Gasteiger partial charge is 0.507 e. The van der Waals surface area contributed by atoms with Gasteiger partial charge in [-0.2, -0.15) is 0 Å². The van der Waals surface area contributed by atoms with E-state index in [1.165, 1.54) is 4.90 Å². The number of phenolic OH excluding ortho intramolecular Hbond substituents is 1. The standard InChI is InChI=1S/C33H36N4O7/c1-6-16-7-9-17(10-8-16)14-35-15-19-13-22(36(2)3)20-11-18-12-21-26(37(4)5)29(40)25(32(34)43)31(42)33(21,44)30(41)23(18)28(39)24(20)27(19)38/h1,7-10,13,18,21,23,25-26,35,38,44H,11-12,14-15H2,2-5H3,(H2,34,43)/t18-,21-,23?,25?,26?,33-/m0/s1. The van der Waals surface area contributed by atoms with E-state index in [9.17, 15) is 34.2 Å². The third-order valence-corrected chi connectivity index (χ3v) is 9.36. The molecule has 3 aliphatic carbocycles. The molecule has 1 amide bonds. The van der Waals surface area contributed by atoms with Gasteiger partial charge in [-0.15, -0.1) is 6.42 Å². The summed E-state index contributed by atoms with van der Waals surface area (Å²) in [6.07, 6.45) is 5.62. The summed E-state index contributed by atoms with van der Waals surface area (Å²) in [4.78, 5) is 70.5. The Morgan fingerprint density at radius 2 is 1.75 bits per heavy atom. The molecule has 6 atom stereocenters. The van der Waals surface area contributed by atoms with Gasteiger partial charge in [-0.05, 0) is 62.2 Å². The van der Waals surface area contributed by atoms with Crippen LogP contribution in [0, 0.1) is 36.0 Å². The number of aliphatic hydroxyl groups is 1. The topological polar surface area (TPSA) is 170 Å². The van der Waals surface area contributed by atoms with E-state index in [0.29, 0.717) is 23.4 Å². The summed E-state index contributed by atoms with van der Waals surface area (Å²) in [5, 5.41) is 26.5. The van der Waals surface area contributed by atoms with Crippen molar-refractivity contribution in [2.45, 2.75) is 37.6 Å². The van der Waals surface area contributed by atoms with Crippen LogP contribution in [0.4, 0.5) is 5.69 Å². The van der Waals surface area contributed by atoms with Gasteiger partial charge in [-0.25, -0.2) is 0 Å². The molecule has 230 valence electrons. The second-order valence-corrected chi connectivity index (χ2v) is 12.4. The Bertz CT molecular complexity index is 1620. The van der Waals surface area contributed by atoms with Crippen molar-refractivity contribution < 1.29 is 34.2 Å². The predicted octanol–water partition coefficient (Wildman–Crippen LogP) is 0.204. The molecule has 11 heteroatoms. The zero-order valence-electron chi connectivity index (χ0n) is 25.1. The average Bonchev–Trinajstić information content (AvgIpc) is 2.96. The number of nitrogens with zero attached hydrogens (tertiary/aromatic N) is 2. The van der Waals surface area contributed by atoms with E-state index in [1.54, 1.807) is 20.2 Å². The zero-order chi connectivity index (χ0) is 32.2. The highest BCUT2D eigenvalue weighted by atomic mass is 16.3. The molecule has 0 bridgehead atoms. The molecule has 11 nitrogen and oxygen atoms in total. The Morgan fingerprint density at radius 1 is 1.09 bits per heavy atom. The summed E-state index contributed by atoms with van der Waals surface area (Å²) < 4.78 is 0. The number of anilines is 1. The number of hydrogen-bond donors (Lipinski definition) is 4. The molecule has 0 aliphatic heterocycles. The molecule has 5 rings (SSSR count). The second kappa shape index (κ2) is 11.3. The van der Waals surface area contributed by atoms with Crippen LogP contribution in [0.5, 0.6) is 5.75 Å². The molecule has 2 aromatic carbocycles. The lowest BCUT2D eigenvalue weighted by atomic mass is 9.52. The third kappa shape index (κ3) is 4.70. The van der Waals surface area contributed by atoms with Gasteiger partial charge in [0, 0.05) is 49.9 Å². The first-order valence-corrected chi connectivity index (χ1v) is 14.4. The first kappa shape index (κ1) is 31.1. The van der Waals surface area contributed by atoms with Gasteiger partial charge < -0.3 is 26.2 Å². The molecule has 3 unspecified atom stereocenters. The molecule has 0 heterocycles. The summed E-state index contributed by atoms with van der Waals surface area (Å²) in [7, 11) is 6.73. The molecule has 44 heavy (non-hydrogen) atoms.